The second kappa shape index (κ2) is 5.67. The van der Waals surface area contributed by atoms with Crippen molar-refractivity contribution in [3.8, 4) is 0 Å². The number of hydrogen-bond donors (Lipinski definition) is 3. The highest BCUT2D eigenvalue weighted by atomic mass is 16.3. The summed E-state index contributed by atoms with van der Waals surface area (Å²) in [5.74, 6) is 0.131. The Morgan fingerprint density at radius 1 is 1.30 bits per heavy atom. The summed E-state index contributed by atoms with van der Waals surface area (Å²) in [5.41, 5.74) is 1.66. The van der Waals surface area contributed by atoms with E-state index in [1.165, 1.54) is 0 Å². The van der Waals surface area contributed by atoms with E-state index in [1.807, 2.05) is 30.5 Å². The van der Waals surface area contributed by atoms with Gasteiger partial charge in [-0.3, -0.25) is 4.79 Å². The topological polar surface area (TPSA) is 65.1 Å². The third-order valence-corrected chi connectivity index (χ3v) is 4.23. The highest BCUT2D eigenvalue weighted by molar-refractivity contribution is 6.06. The molecule has 1 aromatic carbocycles. The number of benzene rings is 1. The molecule has 0 aliphatic heterocycles. The molecule has 1 saturated carbocycles. The average molecular weight is 272 g/mol. The molecule has 0 bridgehead atoms. The molecular formula is C16H20N2O2. The molecule has 1 aromatic heterocycles. The summed E-state index contributed by atoms with van der Waals surface area (Å²) in [6.45, 7) is 0.556. The minimum absolute atomic E-state index is 0.0621. The first-order valence-corrected chi connectivity index (χ1v) is 7.28. The van der Waals surface area contributed by atoms with Crippen LogP contribution in [0.5, 0.6) is 0 Å². The monoisotopic (exact) mass is 272 g/mol. The van der Waals surface area contributed by atoms with Crippen LogP contribution < -0.4 is 5.32 Å². The van der Waals surface area contributed by atoms with Crippen molar-refractivity contribution in [3.63, 3.8) is 0 Å². The molecule has 1 heterocycles. The summed E-state index contributed by atoms with van der Waals surface area (Å²) in [6.07, 6.45) is 5.65. The molecule has 0 spiro atoms. The normalized spacial score (nSPS) is 22.9. The summed E-state index contributed by atoms with van der Waals surface area (Å²) in [4.78, 5) is 15.4. The van der Waals surface area contributed by atoms with Crippen molar-refractivity contribution in [2.45, 2.75) is 31.8 Å². The van der Waals surface area contributed by atoms with Crippen LogP contribution in [-0.2, 0) is 0 Å². The third kappa shape index (κ3) is 2.56. The van der Waals surface area contributed by atoms with Gasteiger partial charge < -0.3 is 15.4 Å². The van der Waals surface area contributed by atoms with Crippen LogP contribution in [0.1, 0.15) is 36.0 Å². The fraction of sp³-hybridized carbons (Fsp3) is 0.438. The Labute approximate surface area is 118 Å². The van der Waals surface area contributed by atoms with Crippen LogP contribution in [0, 0.1) is 5.92 Å². The van der Waals surface area contributed by atoms with E-state index < -0.39 is 0 Å². The standard InChI is InChI=1S/C16H20N2O2/c19-15-7-2-1-4-11(15)10-18-16(20)13-5-3-6-14-12(13)8-9-17-14/h3,5-6,8-9,11,15,17,19H,1-2,4,7,10H2,(H,18,20). The lowest BCUT2D eigenvalue weighted by molar-refractivity contribution is 0.0663. The van der Waals surface area contributed by atoms with Crippen LogP contribution in [0.3, 0.4) is 0 Å². The molecule has 4 nitrogen and oxygen atoms in total. The predicted octanol–water partition coefficient (Wildman–Crippen LogP) is 2.45. The third-order valence-electron chi connectivity index (χ3n) is 4.23. The summed E-state index contributed by atoms with van der Waals surface area (Å²) in [7, 11) is 0. The number of amides is 1. The van der Waals surface area contributed by atoms with E-state index in [2.05, 4.69) is 10.3 Å². The van der Waals surface area contributed by atoms with Crippen LogP contribution in [0.25, 0.3) is 10.9 Å². The molecule has 3 N–H and O–H groups in total. The Morgan fingerprint density at radius 3 is 3.00 bits per heavy atom. The summed E-state index contributed by atoms with van der Waals surface area (Å²) in [5, 5.41) is 13.8. The largest absolute Gasteiger partial charge is 0.393 e. The van der Waals surface area contributed by atoms with Crippen molar-refractivity contribution >= 4 is 16.8 Å². The van der Waals surface area contributed by atoms with Gasteiger partial charge in [-0.1, -0.05) is 18.9 Å². The number of nitrogens with one attached hydrogen (secondary N) is 2. The first-order valence-electron chi connectivity index (χ1n) is 7.28. The number of aliphatic hydroxyl groups excluding tert-OH is 1. The van der Waals surface area contributed by atoms with E-state index >= 15 is 0 Å². The first-order chi connectivity index (χ1) is 9.75. The SMILES string of the molecule is O=C(NCC1CCCCC1O)c1cccc2[nH]ccc12. The van der Waals surface area contributed by atoms with Crippen LogP contribution in [0.2, 0.25) is 0 Å². The van der Waals surface area contributed by atoms with E-state index in [4.69, 9.17) is 0 Å². The first kappa shape index (κ1) is 13.2. The molecule has 20 heavy (non-hydrogen) atoms. The molecular weight excluding hydrogens is 252 g/mol. The maximum absolute atomic E-state index is 12.3. The molecule has 1 aliphatic carbocycles. The number of hydrogen-bond acceptors (Lipinski definition) is 2. The van der Waals surface area contributed by atoms with E-state index in [9.17, 15) is 9.90 Å². The molecule has 3 rings (SSSR count). The lowest BCUT2D eigenvalue weighted by Gasteiger charge is -2.27. The second-order valence-corrected chi connectivity index (χ2v) is 5.57. The van der Waals surface area contributed by atoms with E-state index in [0.717, 1.165) is 36.6 Å². The van der Waals surface area contributed by atoms with Gasteiger partial charge in [0.1, 0.15) is 0 Å². The van der Waals surface area contributed by atoms with Gasteiger partial charge in [-0.2, -0.15) is 0 Å². The summed E-state index contributed by atoms with van der Waals surface area (Å²) in [6, 6.07) is 7.59. The number of carbonyl (C=O) groups excluding carboxylic acids is 1. The van der Waals surface area contributed by atoms with Crippen molar-refractivity contribution in [1.82, 2.24) is 10.3 Å². The van der Waals surface area contributed by atoms with Crippen molar-refractivity contribution in [1.29, 1.82) is 0 Å². The van der Waals surface area contributed by atoms with Crippen molar-refractivity contribution in [2.75, 3.05) is 6.54 Å². The number of fused-ring (bicyclic) bond motifs is 1. The van der Waals surface area contributed by atoms with E-state index in [0.29, 0.717) is 12.1 Å². The van der Waals surface area contributed by atoms with Gasteiger partial charge in [-0.05, 0) is 31.0 Å². The molecule has 1 aliphatic rings. The van der Waals surface area contributed by atoms with Gasteiger partial charge in [0.15, 0.2) is 0 Å². The lowest BCUT2D eigenvalue weighted by Crippen LogP contribution is -2.36. The minimum Gasteiger partial charge on any atom is -0.393 e. The molecule has 0 radical (unpaired) electrons. The highest BCUT2D eigenvalue weighted by Crippen LogP contribution is 2.24. The average Bonchev–Trinajstić information content (AvgIpc) is 2.94. The molecule has 1 amide bonds. The molecule has 2 unspecified atom stereocenters. The number of carbonyl (C=O) groups is 1. The quantitative estimate of drug-likeness (QED) is 0.803. The number of aromatic nitrogens is 1. The van der Waals surface area contributed by atoms with Crippen molar-refractivity contribution in [3.05, 3.63) is 36.0 Å². The van der Waals surface area contributed by atoms with Gasteiger partial charge in [0.05, 0.1) is 6.10 Å². The number of rotatable bonds is 3. The second-order valence-electron chi connectivity index (χ2n) is 5.57. The molecule has 106 valence electrons. The van der Waals surface area contributed by atoms with Gasteiger partial charge >= 0.3 is 0 Å². The summed E-state index contributed by atoms with van der Waals surface area (Å²) >= 11 is 0. The molecule has 2 atom stereocenters. The van der Waals surface area contributed by atoms with Crippen molar-refractivity contribution < 1.29 is 9.90 Å². The Balaban J connectivity index is 1.68. The highest BCUT2D eigenvalue weighted by Gasteiger charge is 2.23. The van der Waals surface area contributed by atoms with Crippen LogP contribution in [-0.4, -0.2) is 28.6 Å². The Bertz CT molecular complexity index is 605. The number of H-pyrrole nitrogens is 1. The van der Waals surface area contributed by atoms with E-state index in [1.54, 1.807) is 0 Å². The van der Waals surface area contributed by atoms with Crippen LogP contribution in [0.4, 0.5) is 0 Å². The molecule has 0 saturated heterocycles. The minimum atomic E-state index is -0.271. The van der Waals surface area contributed by atoms with Gasteiger partial charge in [0.2, 0.25) is 0 Å². The number of aliphatic hydroxyl groups is 1. The van der Waals surface area contributed by atoms with E-state index in [-0.39, 0.29) is 17.9 Å². The predicted molar refractivity (Wildman–Crippen MR) is 78.6 cm³/mol. The summed E-state index contributed by atoms with van der Waals surface area (Å²) < 4.78 is 0. The van der Waals surface area contributed by atoms with Crippen molar-refractivity contribution in [2.24, 2.45) is 5.92 Å². The fourth-order valence-corrected chi connectivity index (χ4v) is 3.03. The Kier molecular flexibility index (Phi) is 3.74. The fourth-order valence-electron chi connectivity index (χ4n) is 3.03. The maximum Gasteiger partial charge on any atom is 0.251 e. The zero-order valence-electron chi connectivity index (χ0n) is 11.4. The zero-order chi connectivity index (χ0) is 13.9. The Hall–Kier alpha value is -1.81. The molecule has 1 fully saturated rings. The van der Waals surface area contributed by atoms with Gasteiger partial charge in [-0.15, -0.1) is 0 Å². The van der Waals surface area contributed by atoms with Crippen LogP contribution in [0.15, 0.2) is 30.5 Å². The molecule has 2 aromatic rings. The molecule has 4 heteroatoms. The van der Waals surface area contributed by atoms with Gasteiger partial charge in [0, 0.05) is 35.1 Å². The maximum atomic E-state index is 12.3. The zero-order valence-corrected chi connectivity index (χ0v) is 11.4. The van der Waals surface area contributed by atoms with Gasteiger partial charge in [0.25, 0.3) is 5.91 Å². The smallest absolute Gasteiger partial charge is 0.251 e. The lowest BCUT2D eigenvalue weighted by atomic mass is 9.86. The van der Waals surface area contributed by atoms with Crippen LogP contribution >= 0.6 is 0 Å². The van der Waals surface area contributed by atoms with Gasteiger partial charge in [-0.25, -0.2) is 0 Å². The number of aromatic amines is 1. The Morgan fingerprint density at radius 2 is 2.15 bits per heavy atom.